The highest BCUT2D eigenvalue weighted by molar-refractivity contribution is 5.78. The maximum absolute atomic E-state index is 14.8. The monoisotopic (exact) mass is 376 g/mol. The van der Waals surface area contributed by atoms with Gasteiger partial charge in [-0.2, -0.15) is 0 Å². The second kappa shape index (κ2) is 8.05. The van der Waals surface area contributed by atoms with Crippen molar-refractivity contribution >= 4 is 6.29 Å². The number of rotatable bonds is 4. The summed E-state index contributed by atoms with van der Waals surface area (Å²) < 4.78 is 29.5. The number of hydrogen-bond acceptors (Lipinski definition) is 1. The number of benzene rings is 3. The van der Waals surface area contributed by atoms with Crippen molar-refractivity contribution < 1.29 is 13.6 Å². The Morgan fingerprint density at radius 3 is 1.68 bits per heavy atom. The first-order valence-corrected chi connectivity index (χ1v) is 9.81. The first kappa shape index (κ1) is 18.5. The Labute approximate surface area is 164 Å². The third kappa shape index (κ3) is 3.62. The Kier molecular flexibility index (Phi) is 5.34. The molecule has 1 saturated carbocycles. The molecule has 4 rings (SSSR count). The lowest BCUT2D eigenvalue weighted by Gasteiger charge is -2.22. The Morgan fingerprint density at radius 2 is 1.18 bits per heavy atom. The summed E-state index contributed by atoms with van der Waals surface area (Å²) in [7, 11) is 0. The number of halogens is 2. The van der Waals surface area contributed by atoms with E-state index in [2.05, 4.69) is 12.1 Å². The molecule has 28 heavy (non-hydrogen) atoms. The normalized spacial score (nSPS) is 14.8. The summed E-state index contributed by atoms with van der Waals surface area (Å²) in [5.74, 6) is -1.13. The summed E-state index contributed by atoms with van der Waals surface area (Å²) in [6, 6.07) is 17.5. The quantitative estimate of drug-likeness (QED) is 0.442. The number of aldehydes is 1. The van der Waals surface area contributed by atoms with Gasteiger partial charge in [-0.1, -0.05) is 79.9 Å². The molecule has 0 aliphatic heterocycles. The molecular formula is C25H22F2O. The van der Waals surface area contributed by atoms with Crippen molar-refractivity contribution in [3.63, 3.8) is 0 Å². The van der Waals surface area contributed by atoms with Gasteiger partial charge >= 0.3 is 0 Å². The van der Waals surface area contributed by atoms with E-state index in [9.17, 15) is 13.6 Å². The summed E-state index contributed by atoms with van der Waals surface area (Å²) in [6.07, 6.45) is 6.98. The van der Waals surface area contributed by atoms with E-state index in [1.807, 2.05) is 12.1 Å². The summed E-state index contributed by atoms with van der Waals surface area (Å²) in [5, 5.41) is 0. The van der Waals surface area contributed by atoms with E-state index < -0.39 is 11.6 Å². The average molecular weight is 376 g/mol. The van der Waals surface area contributed by atoms with E-state index in [4.69, 9.17) is 0 Å². The Bertz CT molecular complexity index is 969. The largest absolute Gasteiger partial charge is 0.298 e. The average Bonchev–Trinajstić information content (AvgIpc) is 2.76. The van der Waals surface area contributed by atoms with Gasteiger partial charge in [0.25, 0.3) is 0 Å². The van der Waals surface area contributed by atoms with Crippen LogP contribution in [0.3, 0.4) is 0 Å². The van der Waals surface area contributed by atoms with Crippen LogP contribution in [0.4, 0.5) is 8.78 Å². The van der Waals surface area contributed by atoms with Gasteiger partial charge in [-0.15, -0.1) is 0 Å². The van der Waals surface area contributed by atoms with Crippen molar-refractivity contribution in [3.05, 3.63) is 83.4 Å². The summed E-state index contributed by atoms with van der Waals surface area (Å²) in [5.41, 5.74) is 3.47. The topological polar surface area (TPSA) is 17.1 Å². The molecule has 0 unspecified atom stereocenters. The van der Waals surface area contributed by atoms with Gasteiger partial charge in [0.2, 0.25) is 0 Å². The first-order chi connectivity index (χ1) is 13.7. The van der Waals surface area contributed by atoms with E-state index in [0.29, 0.717) is 22.6 Å². The van der Waals surface area contributed by atoms with Crippen LogP contribution in [0.25, 0.3) is 22.3 Å². The van der Waals surface area contributed by atoms with Crippen molar-refractivity contribution in [1.82, 2.24) is 0 Å². The number of carbonyl (C=O) groups excluding carboxylic acids is 1. The highest BCUT2D eigenvalue weighted by Crippen LogP contribution is 2.35. The fourth-order valence-electron chi connectivity index (χ4n) is 4.11. The van der Waals surface area contributed by atoms with E-state index in [1.54, 1.807) is 36.4 Å². The smallest absolute Gasteiger partial charge is 0.167 e. The lowest BCUT2D eigenvalue weighted by molar-refractivity contribution is 0.112. The zero-order valence-electron chi connectivity index (χ0n) is 15.6. The third-order valence-electron chi connectivity index (χ3n) is 5.74. The lowest BCUT2D eigenvalue weighted by Crippen LogP contribution is -2.04. The molecule has 142 valence electrons. The lowest BCUT2D eigenvalue weighted by atomic mass is 9.83. The summed E-state index contributed by atoms with van der Waals surface area (Å²) in [4.78, 5) is 10.8. The molecule has 1 aliphatic carbocycles. The van der Waals surface area contributed by atoms with Gasteiger partial charge in [0.1, 0.15) is 6.29 Å². The predicted molar refractivity (Wildman–Crippen MR) is 108 cm³/mol. The maximum atomic E-state index is 14.8. The van der Waals surface area contributed by atoms with Crippen LogP contribution in [0.15, 0.2) is 60.7 Å². The first-order valence-electron chi connectivity index (χ1n) is 9.81. The van der Waals surface area contributed by atoms with Gasteiger partial charge in [0, 0.05) is 16.7 Å². The molecule has 0 amide bonds. The predicted octanol–water partition coefficient (Wildman–Crippen LogP) is 7.16. The van der Waals surface area contributed by atoms with Gasteiger partial charge in [-0.05, 0) is 35.4 Å². The molecule has 0 spiro atoms. The third-order valence-corrected chi connectivity index (χ3v) is 5.74. The van der Waals surface area contributed by atoms with Crippen LogP contribution in [0.1, 0.15) is 53.9 Å². The van der Waals surface area contributed by atoms with Crippen molar-refractivity contribution in [3.8, 4) is 22.3 Å². The Hall–Kier alpha value is -2.81. The molecule has 0 bridgehead atoms. The SMILES string of the molecule is O=Cc1ccc(-c2ccc(-c3ccc(C4CCCCC4)cc3)c(F)c2F)cc1. The van der Waals surface area contributed by atoms with Gasteiger partial charge in [0.05, 0.1) is 0 Å². The minimum absolute atomic E-state index is 0.192. The molecule has 0 N–H and O–H groups in total. The molecule has 1 nitrogen and oxygen atoms in total. The van der Waals surface area contributed by atoms with E-state index in [-0.39, 0.29) is 11.1 Å². The second-order valence-corrected chi connectivity index (χ2v) is 7.49. The Morgan fingerprint density at radius 1 is 0.679 bits per heavy atom. The Balaban J connectivity index is 1.63. The van der Waals surface area contributed by atoms with Crippen LogP contribution in [0.2, 0.25) is 0 Å². The van der Waals surface area contributed by atoms with Crippen LogP contribution in [-0.4, -0.2) is 6.29 Å². The van der Waals surface area contributed by atoms with Crippen LogP contribution in [0, 0.1) is 11.6 Å². The van der Waals surface area contributed by atoms with Crippen molar-refractivity contribution in [2.45, 2.75) is 38.0 Å². The molecular weight excluding hydrogens is 354 g/mol. The molecule has 0 aromatic heterocycles. The highest BCUT2D eigenvalue weighted by Gasteiger charge is 2.18. The summed E-state index contributed by atoms with van der Waals surface area (Å²) in [6.45, 7) is 0. The van der Waals surface area contributed by atoms with Crippen LogP contribution >= 0.6 is 0 Å². The highest BCUT2D eigenvalue weighted by atomic mass is 19.2. The zero-order chi connectivity index (χ0) is 19.5. The van der Waals surface area contributed by atoms with E-state index >= 15 is 0 Å². The number of carbonyl (C=O) groups is 1. The molecule has 3 aromatic carbocycles. The van der Waals surface area contributed by atoms with E-state index in [1.165, 1.54) is 37.7 Å². The zero-order valence-corrected chi connectivity index (χ0v) is 15.6. The minimum atomic E-state index is -0.868. The molecule has 3 heteroatoms. The second-order valence-electron chi connectivity index (χ2n) is 7.49. The fourth-order valence-corrected chi connectivity index (χ4v) is 4.11. The van der Waals surface area contributed by atoms with Gasteiger partial charge in [-0.3, -0.25) is 4.79 Å². The van der Waals surface area contributed by atoms with E-state index in [0.717, 1.165) is 6.29 Å². The van der Waals surface area contributed by atoms with Crippen LogP contribution in [0.5, 0.6) is 0 Å². The van der Waals surface area contributed by atoms with Crippen LogP contribution < -0.4 is 0 Å². The molecule has 0 heterocycles. The van der Waals surface area contributed by atoms with Crippen LogP contribution in [-0.2, 0) is 0 Å². The molecule has 1 fully saturated rings. The van der Waals surface area contributed by atoms with Gasteiger partial charge in [0.15, 0.2) is 11.6 Å². The standard InChI is InChI=1S/C25H22F2O/c26-24-22(20-8-6-17(16-28)7-9-20)14-15-23(25(24)27)21-12-10-19(11-13-21)18-4-2-1-3-5-18/h6-16,18H,1-5H2. The van der Waals surface area contributed by atoms with Crippen molar-refractivity contribution in [2.24, 2.45) is 0 Å². The van der Waals surface area contributed by atoms with Crippen molar-refractivity contribution in [1.29, 1.82) is 0 Å². The van der Waals surface area contributed by atoms with Gasteiger partial charge < -0.3 is 0 Å². The minimum Gasteiger partial charge on any atom is -0.298 e. The maximum Gasteiger partial charge on any atom is 0.167 e. The van der Waals surface area contributed by atoms with Gasteiger partial charge in [-0.25, -0.2) is 8.78 Å². The molecule has 0 saturated heterocycles. The molecule has 3 aromatic rings. The molecule has 0 atom stereocenters. The number of hydrogen-bond donors (Lipinski definition) is 0. The molecule has 0 radical (unpaired) electrons. The summed E-state index contributed by atoms with van der Waals surface area (Å²) >= 11 is 0. The molecule has 1 aliphatic rings. The fraction of sp³-hybridized carbons (Fsp3) is 0.240. The van der Waals surface area contributed by atoms with Crippen molar-refractivity contribution in [2.75, 3.05) is 0 Å².